The van der Waals surface area contributed by atoms with Gasteiger partial charge in [-0.2, -0.15) is 0 Å². The normalized spacial score (nSPS) is 49.3. The smallest absolute Gasteiger partial charge is 0.335 e. The summed E-state index contributed by atoms with van der Waals surface area (Å²) in [4.78, 5) is 24.5. The zero-order valence-corrected chi connectivity index (χ0v) is 20.6. The highest BCUT2D eigenvalue weighted by Gasteiger charge is 2.69. The monoisotopic (exact) mass is 444 g/mol. The average Bonchev–Trinajstić information content (AvgIpc) is 3.08. The van der Waals surface area contributed by atoms with E-state index < -0.39 is 11.5 Å². The van der Waals surface area contributed by atoms with Crippen molar-refractivity contribution in [3.63, 3.8) is 0 Å². The van der Waals surface area contributed by atoms with Gasteiger partial charge in [-0.1, -0.05) is 34.6 Å². The molecule has 0 bridgehead atoms. The van der Waals surface area contributed by atoms with E-state index in [1.165, 1.54) is 6.92 Å². The molecule has 0 radical (unpaired) electrons. The van der Waals surface area contributed by atoms with Crippen LogP contribution in [-0.2, 0) is 19.1 Å². The first-order valence-corrected chi connectivity index (χ1v) is 12.6. The molecule has 0 aromatic heterocycles. The van der Waals surface area contributed by atoms with Crippen LogP contribution in [0.3, 0.4) is 0 Å². The van der Waals surface area contributed by atoms with Gasteiger partial charge in [0, 0.05) is 23.3 Å². The summed E-state index contributed by atoms with van der Waals surface area (Å²) in [5.74, 6) is 0.721. The van der Waals surface area contributed by atoms with Gasteiger partial charge in [-0.15, -0.1) is 0 Å². The zero-order chi connectivity index (χ0) is 23.3. The van der Waals surface area contributed by atoms with Crippen LogP contribution in [0.25, 0.3) is 0 Å². The second-order valence-corrected chi connectivity index (χ2v) is 12.8. The Balaban J connectivity index is 1.54. The molecule has 5 heteroatoms. The number of carbonyl (C=O) groups excluding carboxylic acids is 2. The van der Waals surface area contributed by atoms with Gasteiger partial charge in [-0.05, 0) is 79.1 Å². The zero-order valence-electron chi connectivity index (χ0n) is 20.6. The first kappa shape index (κ1) is 22.4. The van der Waals surface area contributed by atoms with Gasteiger partial charge in [-0.25, -0.2) is 4.79 Å². The van der Waals surface area contributed by atoms with Crippen molar-refractivity contribution >= 4 is 11.9 Å². The third-order valence-corrected chi connectivity index (χ3v) is 11.2. The number of aliphatic hydroxyl groups excluding tert-OH is 1. The van der Waals surface area contributed by atoms with Crippen molar-refractivity contribution in [2.24, 2.45) is 39.4 Å². The van der Waals surface area contributed by atoms with Crippen LogP contribution in [0.15, 0.2) is 11.1 Å². The summed E-state index contributed by atoms with van der Waals surface area (Å²) in [6.45, 7) is 13.5. The number of ether oxygens (including phenoxy) is 2. The van der Waals surface area contributed by atoms with E-state index in [-0.39, 0.29) is 40.2 Å². The first-order chi connectivity index (χ1) is 14.9. The number of hydrogen-bond donors (Lipinski definition) is 1. The quantitative estimate of drug-likeness (QED) is 0.588. The molecule has 0 aromatic rings. The van der Waals surface area contributed by atoms with Gasteiger partial charge < -0.3 is 14.6 Å². The van der Waals surface area contributed by atoms with Crippen molar-refractivity contribution < 1.29 is 24.2 Å². The SMILES string of the molecule is CC(=O)O[C@H]1CC[C@]2(C)[C@H]3C[C@@H](O)[C@]4(C)C5=C(CC[C@H]4[C@]3(C)CC[C@H]2C1(C)C)COC5=O. The Bertz CT molecular complexity index is 888. The molecule has 5 rings (SSSR count). The van der Waals surface area contributed by atoms with Gasteiger partial charge >= 0.3 is 11.9 Å². The van der Waals surface area contributed by atoms with E-state index in [1.807, 2.05) is 0 Å². The summed E-state index contributed by atoms with van der Waals surface area (Å²) in [6.07, 6.45) is 6.19. The number of fused-ring (bicyclic) bond motifs is 6. The molecule has 5 aliphatic rings. The first-order valence-electron chi connectivity index (χ1n) is 12.6. The van der Waals surface area contributed by atoms with E-state index in [0.29, 0.717) is 18.4 Å². The second-order valence-electron chi connectivity index (χ2n) is 12.8. The number of aliphatic hydroxyl groups is 1. The van der Waals surface area contributed by atoms with Crippen molar-refractivity contribution in [1.82, 2.24) is 0 Å². The molecule has 0 amide bonds. The molecular formula is C27H40O5. The van der Waals surface area contributed by atoms with Gasteiger partial charge in [0.1, 0.15) is 12.7 Å². The minimum Gasteiger partial charge on any atom is -0.462 e. The van der Waals surface area contributed by atoms with Crippen LogP contribution in [-0.4, -0.2) is 35.9 Å². The molecule has 1 aliphatic heterocycles. The summed E-state index contributed by atoms with van der Waals surface area (Å²) >= 11 is 0. The highest BCUT2D eigenvalue weighted by Crippen LogP contribution is 2.73. The Morgan fingerprint density at radius 1 is 1.00 bits per heavy atom. The Morgan fingerprint density at radius 2 is 1.66 bits per heavy atom. The molecule has 0 saturated heterocycles. The molecule has 1 N–H and O–H groups in total. The predicted molar refractivity (Wildman–Crippen MR) is 120 cm³/mol. The van der Waals surface area contributed by atoms with Crippen LogP contribution in [0, 0.1) is 39.4 Å². The molecule has 8 atom stereocenters. The van der Waals surface area contributed by atoms with Crippen molar-refractivity contribution in [3.8, 4) is 0 Å². The number of esters is 2. The van der Waals surface area contributed by atoms with Gasteiger partial charge in [0.15, 0.2) is 0 Å². The molecule has 1 heterocycles. The second kappa shape index (κ2) is 6.84. The lowest BCUT2D eigenvalue weighted by atomic mass is 9.35. The Morgan fingerprint density at radius 3 is 2.34 bits per heavy atom. The maximum Gasteiger partial charge on any atom is 0.335 e. The standard InChI is InChI=1S/C27H40O5/c1-15(28)32-21-10-12-25(4)17(24(21,2)3)9-11-26(5)18-8-7-16-14-31-23(30)22(16)27(18,6)20(29)13-19(25)26/h17-21,29H,7-14H2,1-6H3/t17-,18-,19+,20+,21-,25-,26-,27+/m0/s1. The van der Waals surface area contributed by atoms with Crippen LogP contribution >= 0.6 is 0 Å². The minimum absolute atomic E-state index is 0.0446. The van der Waals surface area contributed by atoms with Crippen molar-refractivity contribution in [2.75, 3.05) is 6.61 Å². The molecule has 4 aliphatic carbocycles. The molecule has 0 aromatic carbocycles. The van der Waals surface area contributed by atoms with Crippen LogP contribution < -0.4 is 0 Å². The van der Waals surface area contributed by atoms with Gasteiger partial charge in [0.2, 0.25) is 0 Å². The third kappa shape index (κ3) is 2.66. The van der Waals surface area contributed by atoms with Gasteiger partial charge in [-0.3, -0.25) is 4.79 Å². The number of carbonyl (C=O) groups is 2. The summed E-state index contributed by atoms with van der Waals surface area (Å²) in [6, 6.07) is 0. The Kier molecular flexibility index (Phi) is 4.79. The van der Waals surface area contributed by atoms with Gasteiger partial charge in [0.05, 0.1) is 6.10 Å². The summed E-state index contributed by atoms with van der Waals surface area (Å²) in [7, 11) is 0. The van der Waals surface area contributed by atoms with Crippen molar-refractivity contribution in [2.45, 2.75) is 98.7 Å². The number of cyclic esters (lactones) is 1. The van der Waals surface area contributed by atoms with Crippen LogP contribution in [0.2, 0.25) is 0 Å². The predicted octanol–water partition coefficient (Wildman–Crippen LogP) is 4.81. The molecule has 3 saturated carbocycles. The highest BCUT2D eigenvalue weighted by atomic mass is 16.5. The van der Waals surface area contributed by atoms with Gasteiger partial charge in [0.25, 0.3) is 0 Å². The fourth-order valence-corrected chi connectivity index (χ4v) is 9.84. The molecular weight excluding hydrogens is 404 g/mol. The largest absolute Gasteiger partial charge is 0.462 e. The molecule has 3 fully saturated rings. The molecule has 178 valence electrons. The molecule has 32 heavy (non-hydrogen) atoms. The molecule has 5 nitrogen and oxygen atoms in total. The fourth-order valence-electron chi connectivity index (χ4n) is 9.84. The van der Waals surface area contributed by atoms with Crippen LogP contribution in [0.1, 0.15) is 86.5 Å². The van der Waals surface area contributed by atoms with E-state index in [4.69, 9.17) is 9.47 Å². The van der Waals surface area contributed by atoms with E-state index in [1.54, 1.807) is 0 Å². The Labute approximate surface area is 192 Å². The maximum absolute atomic E-state index is 12.7. The number of rotatable bonds is 1. The van der Waals surface area contributed by atoms with Crippen molar-refractivity contribution in [3.05, 3.63) is 11.1 Å². The summed E-state index contributed by atoms with van der Waals surface area (Å²) in [5, 5.41) is 11.7. The lowest BCUT2D eigenvalue weighted by molar-refractivity contribution is -0.236. The lowest BCUT2D eigenvalue weighted by Gasteiger charge is -2.70. The van der Waals surface area contributed by atoms with E-state index >= 15 is 0 Å². The third-order valence-electron chi connectivity index (χ3n) is 11.2. The highest BCUT2D eigenvalue weighted by molar-refractivity contribution is 5.93. The fraction of sp³-hybridized carbons (Fsp3) is 0.852. The minimum atomic E-state index is -0.536. The number of hydrogen-bond acceptors (Lipinski definition) is 5. The maximum atomic E-state index is 12.7. The summed E-state index contributed by atoms with van der Waals surface area (Å²) < 4.78 is 11.2. The van der Waals surface area contributed by atoms with E-state index in [2.05, 4.69) is 34.6 Å². The molecule has 0 unspecified atom stereocenters. The summed E-state index contributed by atoms with van der Waals surface area (Å²) in [5.41, 5.74) is 1.47. The lowest BCUT2D eigenvalue weighted by Crippen LogP contribution is -2.66. The van der Waals surface area contributed by atoms with E-state index in [0.717, 1.165) is 56.1 Å². The molecule has 0 spiro atoms. The topological polar surface area (TPSA) is 72.8 Å². The average molecular weight is 445 g/mol. The van der Waals surface area contributed by atoms with Crippen LogP contribution in [0.4, 0.5) is 0 Å². The Hall–Kier alpha value is -1.36. The van der Waals surface area contributed by atoms with Crippen LogP contribution in [0.5, 0.6) is 0 Å². The van der Waals surface area contributed by atoms with E-state index in [9.17, 15) is 14.7 Å². The van der Waals surface area contributed by atoms with Crippen molar-refractivity contribution in [1.29, 1.82) is 0 Å².